The first-order valence-corrected chi connectivity index (χ1v) is 8.08. The van der Waals surface area contributed by atoms with Crippen LogP contribution in [0.25, 0.3) is 0 Å². The molecule has 106 valence electrons. The molecule has 2 atom stereocenters. The number of nitrogens with zero attached hydrogens (tertiary/aromatic N) is 1. The quantitative estimate of drug-likeness (QED) is 0.905. The summed E-state index contributed by atoms with van der Waals surface area (Å²) in [4.78, 5) is 2.59. The molecule has 0 radical (unpaired) electrons. The lowest BCUT2D eigenvalue weighted by Gasteiger charge is -2.44. The molecule has 3 heteroatoms. The highest BCUT2D eigenvalue weighted by Gasteiger charge is 2.29. The van der Waals surface area contributed by atoms with Crippen molar-refractivity contribution in [2.75, 3.05) is 18.0 Å². The van der Waals surface area contributed by atoms with Crippen LogP contribution >= 0.6 is 15.9 Å². The van der Waals surface area contributed by atoms with Crippen LogP contribution in [0.15, 0.2) is 22.7 Å². The maximum Gasteiger partial charge on any atom is 0.0438 e. The second kappa shape index (κ2) is 6.27. The molecule has 1 aliphatic rings. The number of piperazine rings is 1. The second-order valence-corrected chi connectivity index (χ2v) is 6.76. The van der Waals surface area contributed by atoms with Gasteiger partial charge in [-0.25, -0.2) is 0 Å². The molecule has 2 nitrogen and oxygen atoms in total. The molecule has 1 aromatic rings. The smallest absolute Gasteiger partial charge is 0.0438 e. The Labute approximate surface area is 125 Å². The number of hydrogen-bond donors (Lipinski definition) is 1. The van der Waals surface area contributed by atoms with Crippen molar-refractivity contribution in [1.82, 2.24) is 5.32 Å². The van der Waals surface area contributed by atoms with E-state index in [1.54, 1.807) is 0 Å². The molecule has 0 bridgehead atoms. The normalized spacial score (nSPS) is 24.0. The molecule has 1 aromatic carbocycles. The van der Waals surface area contributed by atoms with Crippen molar-refractivity contribution < 1.29 is 0 Å². The van der Waals surface area contributed by atoms with Crippen LogP contribution in [0.5, 0.6) is 0 Å². The van der Waals surface area contributed by atoms with Crippen molar-refractivity contribution in [1.29, 1.82) is 0 Å². The van der Waals surface area contributed by atoms with Crippen molar-refractivity contribution in [3.63, 3.8) is 0 Å². The molecule has 1 heterocycles. The van der Waals surface area contributed by atoms with Crippen LogP contribution in [0, 0.1) is 12.8 Å². The van der Waals surface area contributed by atoms with Crippen molar-refractivity contribution >= 4 is 21.6 Å². The number of nitrogens with one attached hydrogen (secondary N) is 1. The van der Waals surface area contributed by atoms with E-state index < -0.39 is 0 Å². The van der Waals surface area contributed by atoms with Gasteiger partial charge in [-0.15, -0.1) is 0 Å². The van der Waals surface area contributed by atoms with Crippen molar-refractivity contribution in [3.8, 4) is 0 Å². The van der Waals surface area contributed by atoms with E-state index >= 15 is 0 Å². The van der Waals surface area contributed by atoms with Crippen molar-refractivity contribution in [2.24, 2.45) is 5.92 Å². The Kier molecular flexibility index (Phi) is 4.91. The largest absolute Gasteiger partial charge is 0.365 e. The molecular formula is C16H25BrN2. The third-order valence-electron chi connectivity index (χ3n) is 4.17. The lowest BCUT2D eigenvalue weighted by Crippen LogP contribution is -2.58. The zero-order chi connectivity index (χ0) is 14.0. The van der Waals surface area contributed by atoms with E-state index in [0.717, 1.165) is 13.1 Å². The number of hydrogen-bond acceptors (Lipinski definition) is 2. The molecule has 1 aliphatic heterocycles. The summed E-state index contributed by atoms with van der Waals surface area (Å²) in [7, 11) is 0. The zero-order valence-corrected chi connectivity index (χ0v) is 14.0. The topological polar surface area (TPSA) is 15.3 Å². The van der Waals surface area contributed by atoms with Gasteiger partial charge in [-0.05, 0) is 43.0 Å². The summed E-state index contributed by atoms with van der Waals surface area (Å²) in [5.41, 5.74) is 2.67. The number of benzene rings is 1. The molecule has 2 rings (SSSR count). The maximum absolute atomic E-state index is 3.68. The summed E-state index contributed by atoms with van der Waals surface area (Å²) in [6, 6.07) is 7.91. The molecule has 1 N–H and O–H groups in total. The summed E-state index contributed by atoms with van der Waals surface area (Å²) < 4.78 is 1.19. The standard InChI is InChI=1S/C16H25BrN2/c1-5-13-10-19(16(9-18-13)11(2)3)14-6-7-15(17)12(4)8-14/h6-8,11,13,16,18H,5,9-10H2,1-4H3. The Bertz CT molecular complexity index is 431. The van der Waals surface area contributed by atoms with Crippen molar-refractivity contribution in [2.45, 2.75) is 46.2 Å². The van der Waals surface area contributed by atoms with Crippen LogP contribution in [0.1, 0.15) is 32.8 Å². The molecule has 1 fully saturated rings. The third-order valence-corrected chi connectivity index (χ3v) is 5.06. The number of halogens is 1. The van der Waals surface area contributed by atoms with Crippen LogP contribution in [0.2, 0.25) is 0 Å². The summed E-state index contributed by atoms with van der Waals surface area (Å²) in [5.74, 6) is 0.661. The van der Waals surface area contributed by atoms with Gasteiger partial charge >= 0.3 is 0 Å². The number of rotatable bonds is 3. The van der Waals surface area contributed by atoms with E-state index in [4.69, 9.17) is 0 Å². The predicted octanol–water partition coefficient (Wildman–Crippen LogP) is 3.97. The molecule has 0 aliphatic carbocycles. The van der Waals surface area contributed by atoms with Gasteiger partial charge in [0, 0.05) is 35.3 Å². The number of aryl methyl sites for hydroxylation is 1. The monoisotopic (exact) mass is 324 g/mol. The Morgan fingerprint density at radius 2 is 2.16 bits per heavy atom. The highest BCUT2D eigenvalue weighted by atomic mass is 79.9. The molecule has 0 spiro atoms. The number of anilines is 1. The average molecular weight is 325 g/mol. The molecule has 2 unspecified atom stereocenters. The van der Waals surface area contributed by atoms with Crippen LogP contribution in [-0.4, -0.2) is 25.2 Å². The Balaban J connectivity index is 2.27. The lowest BCUT2D eigenvalue weighted by molar-refractivity contribution is 0.333. The van der Waals surface area contributed by atoms with E-state index in [1.807, 2.05) is 0 Å². The van der Waals surface area contributed by atoms with Crippen LogP contribution in [0.3, 0.4) is 0 Å². The minimum absolute atomic E-state index is 0.586. The van der Waals surface area contributed by atoms with Gasteiger partial charge in [0.1, 0.15) is 0 Å². The fraction of sp³-hybridized carbons (Fsp3) is 0.625. The molecule has 1 saturated heterocycles. The molecule has 19 heavy (non-hydrogen) atoms. The van der Waals surface area contributed by atoms with E-state index in [9.17, 15) is 0 Å². The average Bonchev–Trinajstić information content (AvgIpc) is 2.41. The SMILES string of the molecule is CCC1CN(c2ccc(Br)c(C)c2)C(C(C)C)CN1. The highest BCUT2D eigenvalue weighted by molar-refractivity contribution is 9.10. The minimum Gasteiger partial charge on any atom is -0.365 e. The van der Waals surface area contributed by atoms with Crippen LogP contribution in [-0.2, 0) is 0 Å². The van der Waals surface area contributed by atoms with E-state index in [0.29, 0.717) is 18.0 Å². The summed E-state index contributed by atoms with van der Waals surface area (Å²) in [6.07, 6.45) is 1.19. The molecule has 0 amide bonds. The van der Waals surface area contributed by atoms with Gasteiger partial charge in [-0.2, -0.15) is 0 Å². The summed E-state index contributed by atoms with van der Waals surface area (Å²) in [6.45, 7) is 11.3. The minimum atomic E-state index is 0.586. The van der Waals surface area contributed by atoms with Gasteiger partial charge in [0.2, 0.25) is 0 Å². The van der Waals surface area contributed by atoms with E-state index in [-0.39, 0.29) is 0 Å². The van der Waals surface area contributed by atoms with Crippen molar-refractivity contribution in [3.05, 3.63) is 28.2 Å². The predicted molar refractivity (Wildman–Crippen MR) is 86.9 cm³/mol. The van der Waals surface area contributed by atoms with E-state index in [2.05, 4.69) is 72.0 Å². The maximum atomic E-state index is 3.68. The Morgan fingerprint density at radius 3 is 2.74 bits per heavy atom. The van der Waals surface area contributed by atoms with Gasteiger partial charge in [-0.3, -0.25) is 0 Å². The summed E-state index contributed by atoms with van der Waals surface area (Å²) >= 11 is 3.59. The second-order valence-electron chi connectivity index (χ2n) is 5.91. The van der Waals surface area contributed by atoms with Crippen LogP contribution in [0.4, 0.5) is 5.69 Å². The molecule has 0 aromatic heterocycles. The Morgan fingerprint density at radius 1 is 1.42 bits per heavy atom. The zero-order valence-electron chi connectivity index (χ0n) is 12.4. The third kappa shape index (κ3) is 3.32. The van der Waals surface area contributed by atoms with Gasteiger partial charge < -0.3 is 10.2 Å². The molecule has 0 saturated carbocycles. The van der Waals surface area contributed by atoms with Gasteiger partial charge in [0.25, 0.3) is 0 Å². The lowest BCUT2D eigenvalue weighted by atomic mass is 9.96. The van der Waals surface area contributed by atoms with E-state index in [1.165, 1.54) is 22.1 Å². The molecular weight excluding hydrogens is 300 g/mol. The van der Waals surface area contributed by atoms with Gasteiger partial charge in [-0.1, -0.05) is 36.7 Å². The summed E-state index contributed by atoms with van der Waals surface area (Å²) in [5, 5.41) is 3.68. The fourth-order valence-electron chi connectivity index (χ4n) is 2.81. The van der Waals surface area contributed by atoms with Gasteiger partial charge in [0.15, 0.2) is 0 Å². The van der Waals surface area contributed by atoms with Gasteiger partial charge in [0.05, 0.1) is 0 Å². The fourth-order valence-corrected chi connectivity index (χ4v) is 3.06. The first-order chi connectivity index (χ1) is 9.02. The first-order valence-electron chi connectivity index (χ1n) is 7.29. The first kappa shape index (κ1) is 14.9. The Hall–Kier alpha value is -0.540. The van der Waals surface area contributed by atoms with Crippen LogP contribution < -0.4 is 10.2 Å². The highest BCUT2D eigenvalue weighted by Crippen LogP contribution is 2.28.